The van der Waals surface area contributed by atoms with Crippen molar-refractivity contribution < 1.29 is 28.7 Å². The van der Waals surface area contributed by atoms with E-state index in [0.717, 1.165) is 11.6 Å². The highest BCUT2D eigenvalue weighted by atomic mass is 32.1. The molecular formula is C23H19N3O7S. The Kier molecular flexibility index (Phi) is 7.13. The number of ether oxygens (including phenoxy) is 3. The van der Waals surface area contributed by atoms with Crippen LogP contribution in [-0.4, -0.2) is 28.6 Å². The molecule has 0 spiro atoms. The Morgan fingerprint density at radius 1 is 1.21 bits per heavy atom. The molecule has 1 amide bonds. The van der Waals surface area contributed by atoms with Crippen molar-refractivity contribution >= 4 is 35.0 Å². The first-order chi connectivity index (χ1) is 16.5. The van der Waals surface area contributed by atoms with Gasteiger partial charge in [0.25, 0.3) is 5.69 Å². The minimum Gasteiger partial charge on any atom is -0.456 e. The molecule has 0 aliphatic carbocycles. The topological polar surface area (TPSA) is 130 Å². The smallest absolute Gasteiger partial charge is 0.331 e. The molecule has 4 rings (SSSR count). The number of esters is 1. The molecule has 10 nitrogen and oxygen atoms in total. The second kappa shape index (κ2) is 10.6. The Morgan fingerprint density at radius 3 is 2.74 bits per heavy atom. The average Bonchev–Trinajstić information content (AvgIpc) is 3.48. The van der Waals surface area contributed by atoms with Crippen molar-refractivity contribution in [3.05, 3.63) is 85.9 Å². The van der Waals surface area contributed by atoms with E-state index in [0.29, 0.717) is 23.0 Å². The normalized spacial score (nSPS) is 12.0. The number of carbonyl (C=O) groups excluding carboxylic acids is 2. The SMILES string of the molecule is O=C(Cc1nc(COC(=O)/C=C\c2cc3c(cc2[N+](=O)[O-])OCO3)cs1)NCc1ccccc1. The highest BCUT2D eigenvalue weighted by Gasteiger charge is 2.22. The molecular weight excluding hydrogens is 462 g/mol. The summed E-state index contributed by atoms with van der Waals surface area (Å²) in [5, 5.41) is 16.4. The van der Waals surface area contributed by atoms with Crippen LogP contribution in [-0.2, 0) is 33.9 Å². The van der Waals surface area contributed by atoms with Gasteiger partial charge in [-0.05, 0) is 17.7 Å². The van der Waals surface area contributed by atoms with Gasteiger partial charge < -0.3 is 19.5 Å². The lowest BCUT2D eigenvalue weighted by atomic mass is 10.1. The molecule has 0 fully saturated rings. The van der Waals surface area contributed by atoms with Gasteiger partial charge in [0, 0.05) is 18.0 Å². The van der Waals surface area contributed by atoms with E-state index >= 15 is 0 Å². The van der Waals surface area contributed by atoms with Crippen LogP contribution in [0.1, 0.15) is 21.8 Å². The number of fused-ring (bicyclic) bond motifs is 1. The van der Waals surface area contributed by atoms with Gasteiger partial charge in [0.05, 0.1) is 28.7 Å². The molecule has 0 saturated heterocycles. The van der Waals surface area contributed by atoms with Gasteiger partial charge in [-0.25, -0.2) is 9.78 Å². The van der Waals surface area contributed by atoms with Crippen molar-refractivity contribution in [1.29, 1.82) is 0 Å². The van der Waals surface area contributed by atoms with Crippen molar-refractivity contribution in [3.63, 3.8) is 0 Å². The van der Waals surface area contributed by atoms with E-state index in [1.54, 1.807) is 5.38 Å². The first-order valence-corrected chi connectivity index (χ1v) is 11.0. The second-order valence-corrected chi connectivity index (χ2v) is 8.08. The van der Waals surface area contributed by atoms with E-state index in [2.05, 4.69) is 10.3 Å². The summed E-state index contributed by atoms with van der Waals surface area (Å²) < 4.78 is 15.5. The maximum Gasteiger partial charge on any atom is 0.331 e. The predicted octanol–water partition coefficient (Wildman–Crippen LogP) is 3.40. The highest BCUT2D eigenvalue weighted by molar-refractivity contribution is 7.09. The Hall–Kier alpha value is -4.25. The number of thiazole rings is 1. The van der Waals surface area contributed by atoms with Gasteiger partial charge in [-0.3, -0.25) is 14.9 Å². The zero-order valence-corrected chi connectivity index (χ0v) is 18.6. The molecule has 2 heterocycles. The molecule has 11 heteroatoms. The molecule has 1 aliphatic heterocycles. The largest absolute Gasteiger partial charge is 0.456 e. The fourth-order valence-electron chi connectivity index (χ4n) is 3.08. The quantitative estimate of drug-likeness (QED) is 0.213. The van der Waals surface area contributed by atoms with Crippen LogP contribution in [0.2, 0.25) is 0 Å². The number of nitro groups is 1. The van der Waals surface area contributed by atoms with E-state index in [1.165, 1.54) is 29.5 Å². The third-order valence-electron chi connectivity index (χ3n) is 4.72. The Morgan fingerprint density at radius 2 is 1.97 bits per heavy atom. The van der Waals surface area contributed by atoms with Crippen LogP contribution < -0.4 is 14.8 Å². The number of nitrogens with zero attached hydrogens (tertiary/aromatic N) is 2. The van der Waals surface area contributed by atoms with E-state index in [9.17, 15) is 19.7 Å². The summed E-state index contributed by atoms with van der Waals surface area (Å²) in [5.41, 5.74) is 1.47. The predicted molar refractivity (Wildman–Crippen MR) is 122 cm³/mol. The Bertz CT molecular complexity index is 1240. The lowest BCUT2D eigenvalue weighted by Gasteiger charge is -2.03. The summed E-state index contributed by atoms with van der Waals surface area (Å²) in [4.78, 5) is 39.2. The number of nitro benzene ring substituents is 1. The number of aromatic nitrogens is 1. The fourth-order valence-corrected chi connectivity index (χ4v) is 3.86. The summed E-state index contributed by atoms with van der Waals surface area (Å²) in [6, 6.07) is 12.2. The molecule has 34 heavy (non-hydrogen) atoms. The van der Waals surface area contributed by atoms with Gasteiger partial charge in [-0.2, -0.15) is 0 Å². The molecule has 1 aliphatic rings. The highest BCUT2D eigenvalue weighted by Crippen LogP contribution is 2.38. The molecule has 0 unspecified atom stereocenters. The molecule has 2 aromatic carbocycles. The molecule has 0 radical (unpaired) electrons. The molecule has 0 atom stereocenters. The Labute approximate surface area is 197 Å². The van der Waals surface area contributed by atoms with E-state index in [4.69, 9.17) is 14.2 Å². The second-order valence-electron chi connectivity index (χ2n) is 7.13. The zero-order chi connectivity index (χ0) is 23.9. The van der Waals surface area contributed by atoms with Crippen molar-refractivity contribution in [2.24, 2.45) is 0 Å². The summed E-state index contributed by atoms with van der Waals surface area (Å²) in [5.74, 6) is -0.210. The van der Waals surface area contributed by atoms with Gasteiger partial charge >= 0.3 is 5.97 Å². The van der Waals surface area contributed by atoms with Crippen LogP contribution in [0.4, 0.5) is 5.69 Å². The molecule has 0 saturated carbocycles. The minimum atomic E-state index is -0.692. The lowest BCUT2D eigenvalue weighted by molar-refractivity contribution is -0.385. The number of amides is 1. The van der Waals surface area contributed by atoms with Crippen molar-refractivity contribution in [2.45, 2.75) is 19.6 Å². The van der Waals surface area contributed by atoms with Crippen LogP contribution in [0.25, 0.3) is 6.08 Å². The summed E-state index contributed by atoms with van der Waals surface area (Å²) in [7, 11) is 0. The maximum absolute atomic E-state index is 12.1. The fraction of sp³-hybridized carbons (Fsp3) is 0.174. The van der Waals surface area contributed by atoms with Crippen molar-refractivity contribution in [1.82, 2.24) is 10.3 Å². The van der Waals surface area contributed by atoms with Gasteiger partial charge in [0.2, 0.25) is 12.7 Å². The van der Waals surface area contributed by atoms with Crippen LogP contribution in [0, 0.1) is 10.1 Å². The number of rotatable bonds is 9. The van der Waals surface area contributed by atoms with Gasteiger partial charge in [-0.1, -0.05) is 30.3 Å². The summed E-state index contributed by atoms with van der Waals surface area (Å²) in [6.07, 6.45) is 2.50. The number of hydrogen-bond acceptors (Lipinski definition) is 9. The van der Waals surface area contributed by atoms with Crippen LogP contribution in [0.3, 0.4) is 0 Å². The zero-order valence-electron chi connectivity index (χ0n) is 17.8. The number of carbonyl (C=O) groups is 2. The first kappa shape index (κ1) is 22.9. The minimum absolute atomic E-state index is 0.0218. The van der Waals surface area contributed by atoms with E-state index in [-0.39, 0.29) is 42.7 Å². The summed E-state index contributed by atoms with van der Waals surface area (Å²) in [6.45, 7) is 0.323. The molecule has 3 aromatic rings. The lowest BCUT2D eigenvalue weighted by Crippen LogP contribution is -2.24. The van der Waals surface area contributed by atoms with Crippen molar-refractivity contribution in [2.75, 3.05) is 6.79 Å². The average molecular weight is 481 g/mol. The summed E-state index contributed by atoms with van der Waals surface area (Å²) >= 11 is 1.30. The molecule has 1 N–H and O–H groups in total. The molecule has 1 aromatic heterocycles. The van der Waals surface area contributed by atoms with Gasteiger partial charge in [-0.15, -0.1) is 11.3 Å². The Balaban J connectivity index is 1.27. The third-order valence-corrected chi connectivity index (χ3v) is 5.62. The van der Waals surface area contributed by atoms with Crippen LogP contribution in [0.5, 0.6) is 11.5 Å². The van der Waals surface area contributed by atoms with Gasteiger partial charge in [0.15, 0.2) is 11.5 Å². The van der Waals surface area contributed by atoms with E-state index < -0.39 is 10.9 Å². The first-order valence-electron chi connectivity index (χ1n) is 10.1. The van der Waals surface area contributed by atoms with Crippen LogP contribution >= 0.6 is 11.3 Å². The van der Waals surface area contributed by atoms with Gasteiger partial charge in [0.1, 0.15) is 11.6 Å². The van der Waals surface area contributed by atoms with Crippen LogP contribution in [0.15, 0.2) is 53.9 Å². The third kappa shape index (κ3) is 5.95. The number of nitrogens with one attached hydrogen (secondary N) is 1. The molecule has 0 bridgehead atoms. The number of hydrogen-bond donors (Lipinski definition) is 1. The molecule has 174 valence electrons. The van der Waals surface area contributed by atoms with Crippen molar-refractivity contribution in [3.8, 4) is 11.5 Å². The maximum atomic E-state index is 12.1. The number of benzene rings is 2. The standard InChI is InChI=1S/C23H19N3O7S/c27-21(24-11-15-4-2-1-3-5-15)10-22-25-17(13-34-22)12-31-23(28)7-6-16-8-19-20(33-14-32-19)9-18(16)26(29)30/h1-9,13H,10-12,14H2,(H,24,27)/b7-6-. The van der Waals surface area contributed by atoms with E-state index in [1.807, 2.05) is 30.3 Å². The monoisotopic (exact) mass is 481 g/mol.